The van der Waals surface area contributed by atoms with Gasteiger partial charge in [-0.1, -0.05) is 55.4 Å². The fourth-order valence-electron chi connectivity index (χ4n) is 3.15. The highest BCUT2D eigenvalue weighted by atomic mass is 35.5. The average molecular weight is 466 g/mol. The lowest BCUT2D eigenvalue weighted by atomic mass is 10.2. The van der Waals surface area contributed by atoms with E-state index in [1.807, 2.05) is 30.3 Å². The van der Waals surface area contributed by atoms with Crippen molar-refractivity contribution in [2.45, 2.75) is 25.2 Å². The van der Waals surface area contributed by atoms with E-state index in [0.717, 1.165) is 17.9 Å². The lowest BCUT2D eigenvalue weighted by molar-refractivity contribution is 0.0849. The van der Waals surface area contributed by atoms with Crippen LogP contribution < -0.4 is 0 Å². The molecule has 1 saturated heterocycles. The molecule has 0 unspecified atom stereocenters. The van der Waals surface area contributed by atoms with Gasteiger partial charge >= 0.3 is 0 Å². The molecule has 0 atom stereocenters. The zero-order chi connectivity index (χ0) is 21.7. The Labute approximate surface area is 187 Å². The molecular formula is C21H24ClN3O3S2. The molecule has 30 heavy (non-hydrogen) atoms. The van der Waals surface area contributed by atoms with Crippen LogP contribution in [0.1, 0.15) is 30.6 Å². The Balaban J connectivity index is 1.97. The molecule has 6 nitrogen and oxygen atoms in total. The minimum atomic E-state index is -3.79. The normalized spacial score (nSPS) is 16.3. The topological polar surface area (TPSA) is 70.1 Å². The number of amides is 1. The number of amidine groups is 1. The molecule has 9 heteroatoms. The molecule has 160 valence electrons. The highest BCUT2D eigenvalue weighted by molar-refractivity contribution is 8.13. The molecule has 0 aliphatic carbocycles. The second-order valence-electron chi connectivity index (χ2n) is 6.62. The SMILES string of the molecule is CCN(CC)S(=O)(=O)c1cc(C(=O)N2CCCSC2=Nc2ccccc2)ccc1Cl. The molecule has 1 aliphatic rings. The lowest BCUT2D eigenvalue weighted by Gasteiger charge is -2.28. The summed E-state index contributed by atoms with van der Waals surface area (Å²) in [6, 6.07) is 13.8. The number of thioether (sulfide) groups is 1. The van der Waals surface area contributed by atoms with Crippen LogP contribution in [-0.2, 0) is 10.0 Å². The van der Waals surface area contributed by atoms with Crippen LogP contribution in [-0.4, -0.2) is 54.1 Å². The van der Waals surface area contributed by atoms with Crippen molar-refractivity contribution in [3.63, 3.8) is 0 Å². The highest BCUT2D eigenvalue weighted by Crippen LogP contribution is 2.28. The van der Waals surface area contributed by atoms with Gasteiger partial charge in [0.2, 0.25) is 10.0 Å². The predicted molar refractivity (Wildman–Crippen MR) is 123 cm³/mol. The van der Waals surface area contributed by atoms with Crippen LogP contribution in [0.15, 0.2) is 58.4 Å². The Kier molecular flexibility index (Phi) is 7.57. The molecule has 0 spiro atoms. The number of nitrogens with zero attached hydrogens (tertiary/aromatic N) is 3. The Morgan fingerprint density at radius 2 is 1.87 bits per heavy atom. The minimum Gasteiger partial charge on any atom is -0.287 e. The van der Waals surface area contributed by atoms with Crippen LogP contribution in [0.25, 0.3) is 0 Å². The van der Waals surface area contributed by atoms with Crippen molar-refractivity contribution in [3.8, 4) is 0 Å². The molecule has 2 aromatic rings. The van der Waals surface area contributed by atoms with Crippen molar-refractivity contribution in [2.24, 2.45) is 4.99 Å². The number of benzene rings is 2. The van der Waals surface area contributed by atoms with E-state index in [0.29, 0.717) is 24.8 Å². The third-order valence-corrected chi connectivity index (χ3v) is 8.31. The van der Waals surface area contributed by atoms with Crippen LogP contribution in [0.3, 0.4) is 0 Å². The van der Waals surface area contributed by atoms with Gasteiger partial charge in [0.1, 0.15) is 4.90 Å². The van der Waals surface area contributed by atoms with Gasteiger partial charge in [0.15, 0.2) is 5.17 Å². The van der Waals surface area contributed by atoms with Crippen molar-refractivity contribution in [3.05, 3.63) is 59.1 Å². The van der Waals surface area contributed by atoms with E-state index in [-0.39, 0.29) is 21.4 Å². The number of sulfonamides is 1. The second-order valence-corrected chi connectivity index (χ2v) is 10.00. The number of halogens is 1. The van der Waals surface area contributed by atoms with Crippen LogP contribution in [0.4, 0.5) is 5.69 Å². The van der Waals surface area contributed by atoms with Crippen LogP contribution >= 0.6 is 23.4 Å². The summed E-state index contributed by atoms with van der Waals surface area (Å²) in [4.78, 5) is 19.5. The van der Waals surface area contributed by atoms with E-state index in [1.54, 1.807) is 24.8 Å². The smallest absolute Gasteiger partial charge is 0.259 e. The van der Waals surface area contributed by atoms with E-state index in [9.17, 15) is 13.2 Å². The van der Waals surface area contributed by atoms with Crippen molar-refractivity contribution in [2.75, 3.05) is 25.4 Å². The molecule has 1 aliphatic heterocycles. The van der Waals surface area contributed by atoms with Crippen LogP contribution in [0, 0.1) is 0 Å². The average Bonchev–Trinajstić information content (AvgIpc) is 2.75. The van der Waals surface area contributed by atoms with Gasteiger partial charge in [-0.2, -0.15) is 4.31 Å². The lowest BCUT2D eigenvalue weighted by Crippen LogP contribution is -2.39. The first-order valence-corrected chi connectivity index (χ1v) is 12.6. The molecule has 1 fully saturated rings. The fourth-order valence-corrected chi connectivity index (χ4v) is 6.06. The standard InChI is InChI=1S/C21H24ClN3O3S2/c1-3-24(4-2)30(27,28)19-15-16(11-12-18(19)22)20(26)25-13-8-14-29-21(25)23-17-9-6-5-7-10-17/h5-7,9-12,15H,3-4,8,13-14H2,1-2H3. The molecule has 0 aromatic heterocycles. The first-order valence-electron chi connectivity index (χ1n) is 9.76. The number of carbonyl (C=O) groups is 1. The van der Waals surface area contributed by atoms with Gasteiger partial charge in [-0.25, -0.2) is 13.4 Å². The molecular weight excluding hydrogens is 442 g/mol. The molecule has 2 aromatic carbocycles. The Morgan fingerprint density at radius 3 is 2.53 bits per heavy atom. The van der Waals surface area contributed by atoms with E-state index in [2.05, 4.69) is 4.99 Å². The van der Waals surface area contributed by atoms with Crippen molar-refractivity contribution < 1.29 is 13.2 Å². The summed E-state index contributed by atoms with van der Waals surface area (Å²) in [5.74, 6) is 0.585. The third-order valence-electron chi connectivity index (χ3n) is 4.72. The maximum absolute atomic E-state index is 13.3. The Hall–Kier alpha value is -1.87. The molecule has 0 bridgehead atoms. The maximum Gasteiger partial charge on any atom is 0.259 e. The monoisotopic (exact) mass is 465 g/mol. The number of hydrogen-bond donors (Lipinski definition) is 0. The largest absolute Gasteiger partial charge is 0.287 e. The molecule has 1 amide bonds. The second kappa shape index (κ2) is 9.96. The van der Waals surface area contributed by atoms with Gasteiger partial charge in [-0.15, -0.1) is 0 Å². The van der Waals surface area contributed by atoms with Gasteiger partial charge in [0.25, 0.3) is 5.91 Å². The number of carbonyl (C=O) groups excluding carboxylic acids is 1. The van der Waals surface area contributed by atoms with Gasteiger partial charge in [-0.3, -0.25) is 9.69 Å². The Morgan fingerprint density at radius 1 is 1.17 bits per heavy atom. The highest BCUT2D eigenvalue weighted by Gasteiger charge is 2.29. The van der Waals surface area contributed by atoms with Gasteiger partial charge in [0, 0.05) is 31.0 Å². The number of aliphatic imine (C=N–C) groups is 1. The quantitative estimate of drug-likeness (QED) is 0.623. The van der Waals surface area contributed by atoms with E-state index < -0.39 is 10.0 Å². The summed E-state index contributed by atoms with van der Waals surface area (Å²) in [6.07, 6.45) is 0.836. The summed E-state index contributed by atoms with van der Waals surface area (Å²) < 4.78 is 27.2. The molecule has 1 heterocycles. The molecule has 0 saturated carbocycles. The molecule has 0 radical (unpaired) electrons. The number of hydrogen-bond acceptors (Lipinski definition) is 5. The van der Waals surface area contributed by atoms with Crippen LogP contribution in [0.2, 0.25) is 5.02 Å². The molecule has 3 rings (SSSR count). The number of para-hydroxylation sites is 1. The maximum atomic E-state index is 13.3. The van der Waals surface area contributed by atoms with Crippen LogP contribution in [0.5, 0.6) is 0 Å². The fraction of sp³-hybridized carbons (Fsp3) is 0.333. The third kappa shape index (κ3) is 4.88. The van der Waals surface area contributed by atoms with Crippen molar-refractivity contribution >= 4 is 50.1 Å². The minimum absolute atomic E-state index is 0.0510. The van der Waals surface area contributed by atoms with Gasteiger partial charge in [0.05, 0.1) is 10.7 Å². The van der Waals surface area contributed by atoms with E-state index >= 15 is 0 Å². The first kappa shape index (κ1) is 22.8. The molecule has 0 N–H and O–H groups in total. The zero-order valence-corrected chi connectivity index (χ0v) is 19.3. The summed E-state index contributed by atoms with van der Waals surface area (Å²) in [5.41, 5.74) is 1.04. The van der Waals surface area contributed by atoms with Crippen molar-refractivity contribution in [1.29, 1.82) is 0 Å². The van der Waals surface area contributed by atoms with Gasteiger partial charge in [-0.05, 0) is 36.8 Å². The Bertz CT molecular complexity index is 1040. The van der Waals surface area contributed by atoms with E-state index in [1.165, 1.54) is 28.2 Å². The zero-order valence-electron chi connectivity index (χ0n) is 16.9. The van der Waals surface area contributed by atoms with Gasteiger partial charge < -0.3 is 0 Å². The summed E-state index contributed by atoms with van der Waals surface area (Å²) in [6.45, 7) is 4.70. The summed E-state index contributed by atoms with van der Waals surface area (Å²) >= 11 is 7.72. The summed E-state index contributed by atoms with van der Waals surface area (Å²) in [5, 5.41) is 0.713. The number of rotatable bonds is 6. The van der Waals surface area contributed by atoms with Crippen molar-refractivity contribution in [1.82, 2.24) is 9.21 Å². The first-order chi connectivity index (χ1) is 14.4. The predicted octanol–water partition coefficient (Wildman–Crippen LogP) is 4.64. The summed E-state index contributed by atoms with van der Waals surface area (Å²) in [7, 11) is -3.79. The van der Waals surface area contributed by atoms with E-state index in [4.69, 9.17) is 11.6 Å².